The number of aliphatic imine (C=N–C) groups is 3. The summed E-state index contributed by atoms with van der Waals surface area (Å²) in [6.07, 6.45) is 12.7. The van der Waals surface area contributed by atoms with Gasteiger partial charge in [-0.3, -0.25) is 9.98 Å². The zero-order valence-corrected chi connectivity index (χ0v) is 18.5. The van der Waals surface area contributed by atoms with Crippen LogP contribution in [0.3, 0.4) is 0 Å². The number of rotatable bonds is 8. The van der Waals surface area contributed by atoms with Crippen LogP contribution in [0, 0.1) is 17.8 Å². The molecule has 6 nitrogen and oxygen atoms in total. The van der Waals surface area contributed by atoms with Crippen LogP contribution in [0.4, 0.5) is 11.4 Å². The van der Waals surface area contributed by atoms with Crippen molar-refractivity contribution in [1.82, 2.24) is 0 Å². The normalized spacial score (nSPS) is 29.6. The molecule has 31 heavy (non-hydrogen) atoms. The highest BCUT2D eigenvalue weighted by Gasteiger charge is 2.51. The third kappa shape index (κ3) is 4.94. The average molecular weight is 421 g/mol. The molecule has 0 radical (unpaired) electrons. The number of anilines is 1. The third-order valence-corrected chi connectivity index (χ3v) is 6.78. The number of hydrogen-bond acceptors (Lipinski definition) is 5. The quantitative estimate of drug-likeness (QED) is 0.339. The first kappa shape index (κ1) is 21.5. The molecule has 0 spiro atoms. The number of benzene rings is 1. The Morgan fingerprint density at radius 1 is 1.23 bits per heavy atom. The Hall–Kier alpha value is -2.76. The lowest BCUT2D eigenvalue weighted by Crippen LogP contribution is -2.54. The summed E-state index contributed by atoms with van der Waals surface area (Å²) >= 11 is 0. The van der Waals surface area contributed by atoms with Gasteiger partial charge in [-0.05, 0) is 101 Å². The van der Waals surface area contributed by atoms with Crippen LogP contribution in [0.5, 0.6) is 0 Å². The first-order valence-electron chi connectivity index (χ1n) is 11.3. The largest absolute Gasteiger partial charge is 0.462 e. The Labute approximate surface area is 184 Å². The van der Waals surface area contributed by atoms with Crippen LogP contribution < -0.4 is 5.32 Å². The minimum Gasteiger partial charge on any atom is -0.462 e. The van der Waals surface area contributed by atoms with Gasteiger partial charge in [0.2, 0.25) is 0 Å². The van der Waals surface area contributed by atoms with Crippen molar-refractivity contribution < 1.29 is 9.53 Å². The monoisotopic (exact) mass is 420 g/mol. The van der Waals surface area contributed by atoms with Crippen LogP contribution in [0.2, 0.25) is 0 Å². The van der Waals surface area contributed by atoms with Gasteiger partial charge >= 0.3 is 5.97 Å². The van der Waals surface area contributed by atoms with Crippen LogP contribution in [0.1, 0.15) is 62.7 Å². The zero-order valence-electron chi connectivity index (χ0n) is 18.5. The van der Waals surface area contributed by atoms with Gasteiger partial charge in [0.1, 0.15) is 6.34 Å². The van der Waals surface area contributed by atoms with Gasteiger partial charge in [0.25, 0.3) is 0 Å². The van der Waals surface area contributed by atoms with E-state index in [9.17, 15) is 4.79 Å². The number of ether oxygens (including phenoxy) is 1. The third-order valence-electron chi connectivity index (χ3n) is 6.78. The van der Waals surface area contributed by atoms with Gasteiger partial charge in [0.05, 0.1) is 23.5 Å². The van der Waals surface area contributed by atoms with Gasteiger partial charge in [-0.25, -0.2) is 9.79 Å². The van der Waals surface area contributed by atoms with E-state index in [1.807, 2.05) is 32.0 Å². The summed E-state index contributed by atoms with van der Waals surface area (Å²) in [7, 11) is 0. The van der Waals surface area contributed by atoms with Crippen molar-refractivity contribution in [2.45, 2.75) is 57.9 Å². The number of carbonyl (C=O) groups excluding carboxylic acids is 1. The van der Waals surface area contributed by atoms with Crippen molar-refractivity contribution in [3.05, 3.63) is 35.5 Å². The maximum Gasteiger partial charge on any atom is 0.338 e. The lowest BCUT2D eigenvalue weighted by atomic mass is 9.53. The summed E-state index contributed by atoms with van der Waals surface area (Å²) in [5, 5.41) is 3.89. The number of hydrogen-bond donors (Lipinski definition) is 1. The molecule has 4 aliphatic carbocycles. The topological polar surface area (TPSA) is 75.4 Å². The van der Waals surface area contributed by atoms with Crippen LogP contribution in [0.25, 0.3) is 0 Å². The minimum atomic E-state index is -0.325. The van der Waals surface area contributed by atoms with Gasteiger partial charge < -0.3 is 10.1 Å². The van der Waals surface area contributed by atoms with Gasteiger partial charge in [-0.2, -0.15) is 0 Å². The van der Waals surface area contributed by atoms with Gasteiger partial charge in [-0.15, -0.1) is 0 Å². The zero-order chi connectivity index (χ0) is 21.8. The Bertz CT molecular complexity index is 896. The molecule has 0 amide bonds. The highest BCUT2D eigenvalue weighted by atomic mass is 16.5. The molecule has 4 aliphatic rings. The summed E-state index contributed by atoms with van der Waals surface area (Å²) in [4.78, 5) is 24.6. The van der Waals surface area contributed by atoms with Crippen molar-refractivity contribution in [3.63, 3.8) is 0 Å². The Morgan fingerprint density at radius 3 is 2.52 bits per heavy atom. The molecule has 0 unspecified atom stereocenters. The second-order valence-corrected chi connectivity index (χ2v) is 9.35. The van der Waals surface area contributed by atoms with Crippen molar-refractivity contribution in [1.29, 1.82) is 0 Å². The van der Waals surface area contributed by atoms with Crippen molar-refractivity contribution >= 4 is 36.6 Å². The molecule has 1 aromatic rings. The summed E-state index contributed by atoms with van der Waals surface area (Å²) in [5.74, 6) is 2.23. The molecular formula is C25H32N4O2. The number of esters is 1. The predicted molar refractivity (Wildman–Crippen MR) is 127 cm³/mol. The second kappa shape index (κ2) is 9.16. The first-order valence-corrected chi connectivity index (χ1v) is 11.3. The summed E-state index contributed by atoms with van der Waals surface area (Å²) in [5.41, 5.74) is 3.29. The Balaban J connectivity index is 1.61. The summed E-state index contributed by atoms with van der Waals surface area (Å²) in [6.45, 7) is 7.46. The lowest BCUT2D eigenvalue weighted by molar-refractivity contribution is 0.0107. The maximum atomic E-state index is 12.3. The van der Waals surface area contributed by atoms with Crippen LogP contribution >= 0.6 is 0 Å². The smallest absolute Gasteiger partial charge is 0.338 e. The predicted octanol–water partition coefficient (Wildman–Crippen LogP) is 5.58. The standard InChI is InChI=1S/C25H32N4O2/c1-4-31-24(30)21-5-6-22(23(10-21)28-15-17(2)14-27-16-26-3)29-25-11-18-7-19(12-25)9-20(8-18)13-25/h5-6,10,14-16,18-20,29H,3-4,7-9,11-13H2,1-2H3/b17-14+,27-16?,28-15?. The van der Waals surface area contributed by atoms with Crippen molar-refractivity contribution in [3.8, 4) is 0 Å². The molecule has 0 atom stereocenters. The van der Waals surface area contributed by atoms with E-state index in [0.29, 0.717) is 12.2 Å². The van der Waals surface area contributed by atoms with E-state index in [4.69, 9.17) is 9.73 Å². The number of carbonyl (C=O) groups is 1. The molecule has 0 aromatic heterocycles. The molecule has 0 aliphatic heterocycles. The van der Waals surface area contributed by atoms with E-state index in [1.54, 1.807) is 12.4 Å². The molecule has 6 heteroatoms. The SMILES string of the molecule is C=NC=N/C=C(\C)C=Nc1cc(C(=O)OCC)ccc1NC12CC3CC(CC(C3)C1)C2. The molecule has 164 valence electrons. The van der Waals surface area contributed by atoms with Crippen LogP contribution in [-0.2, 0) is 4.74 Å². The first-order chi connectivity index (χ1) is 15.0. The van der Waals surface area contributed by atoms with E-state index in [2.05, 4.69) is 22.0 Å². The summed E-state index contributed by atoms with van der Waals surface area (Å²) in [6, 6.07) is 5.64. The molecule has 0 saturated heterocycles. The van der Waals surface area contributed by atoms with Gasteiger partial charge in [0.15, 0.2) is 0 Å². The average Bonchev–Trinajstić information content (AvgIpc) is 2.72. The second-order valence-electron chi connectivity index (χ2n) is 9.35. The van der Waals surface area contributed by atoms with E-state index < -0.39 is 0 Å². The molecule has 5 rings (SSSR count). The number of allylic oxidation sites excluding steroid dienone is 1. The minimum absolute atomic E-state index is 0.162. The van der Waals surface area contributed by atoms with Gasteiger partial charge in [-0.1, -0.05) is 0 Å². The van der Waals surface area contributed by atoms with E-state index in [1.165, 1.54) is 44.9 Å². The fourth-order valence-corrected chi connectivity index (χ4v) is 6.04. The van der Waals surface area contributed by atoms with Gasteiger partial charge in [0, 0.05) is 18.0 Å². The van der Waals surface area contributed by atoms with E-state index in [0.717, 1.165) is 34.7 Å². The fraction of sp³-hybridized carbons (Fsp3) is 0.520. The molecular weight excluding hydrogens is 388 g/mol. The van der Waals surface area contributed by atoms with E-state index in [-0.39, 0.29) is 11.5 Å². The van der Waals surface area contributed by atoms with Crippen molar-refractivity contribution in [2.24, 2.45) is 32.7 Å². The molecule has 4 bridgehead atoms. The highest BCUT2D eigenvalue weighted by Crippen LogP contribution is 2.57. The lowest BCUT2D eigenvalue weighted by Gasteiger charge is -2.57. The highest BCUT2D eigenvalue weighted by molar-refractivity contribution is 5.93. The molecule has 0 heterocycles. The maximum absolute atomic E-state index is 12.3. The molecule has 1 aromatic carbocycles. The molecule has 4 fully saturated rings. The number of nitrogens with one attached hydrogen (secondary N) is 1. The van der Waals surface area contributed by atoms with Crippen LogP contribution in [-0.4, -0.2) is 37.4 Å². The number of nitrogens with zero attached hydrogens (tertiary/aromatic N) is 3. The molecule has 1 N–H and O–H groups in total. The van der Waals surface area contributed by atoms with Crippen LogP contribution in [0.15, 0.2) is 44.9 Å². The van der Waals surface area contributed by atoms with Crippen molar-refractivity contribution in [2.75, 3.05) is 11.9 Å². The molecule has 4 saturated carbocycles. The summed E-state index contributed by atoms with van der Waals surface area (Å²) < 4.78 is 5.19. The fourth-order valence-electron chi connectivity index (χ4n) is 6.04. The van der Waals surface area contributed by atoms with E-state index >= 15 is 0 Å². The Kier molecular flexibility index (Phi) is 6.35. The Morgan fingerprint density at radius 2 is 1.90 bits per heavy atom.